The van der Waals surface area contributed by atoms with E-state index >= 15 is 0 Å². The summed E-state index contributed by atoms with van der Waals surface area (Å²) in [6.45, 7) is 3.27. The zero-order valence-electron chi connectivity index (χ0n) is 12.8. The van der Waals surface area contributed by atoms with E-state index in [0.29, 0.717) is 13.1 Å². The molecule has 0 aliphatic rings. The summed E-state index contributed by atoms with van der Waals surface area (Å²) in [5.41, 5.74) is 0. The number of ether oxygens (including phenoxy) is 1. The van der Waals surface area contributed by atoms with E-state index in [2.05, 4.69) is 15.6 Å². The molecule has 0 bridgehead atoms. The highest BCUT2D eigenvalue weighted by molar-refractivity contribution is 14.0. The normalized spacial score (nSPS) is 12.2. The van der Waals surface area contributed by atoms with Gasteiger partial charge in [-0.15, -0.1) is 24.0 Å². The van der Waals surface area contributed by atoms with Gasteiger partial charge < -0.3 is 19.8 Å². The number of hydrogen-bond acceptors (Lipinski definition) is 3. The van der Waals surface area contributed by atoms with E-state index in [-0.39, 0.29) is 30.1 Å². The largest absolute Gasteiger partial charge is 0.489 e. The van der Waals surface area contributed by atoms with Crippen LogP contribution in [0.3, 0.4) is 0 Å². The van der Waals surface area contributed by atoms with Crippen LogP contribution in [0, 0.1) is 0 Å². The summed E-state index contributed by atoms with van der Waals surface area (Å²) in [4.78, 5) is 4.16. The third-order valence-electron chi connectivity index (χ3n) is 2.87. The molecule has 0 radical (unpaired) electrons. The molecule has 0 saturated carbocycles. The Morgan fingerprint density at radius 2 is 1.95 bits per heavy atom. The molecule has 5 nitrogen and oxygen atoms in total. The Balaban J connectivity index is 0.00000242. The molecule has 2 rings (SSSR count). The lowest BCUT2D eigenvalue weighted by molar-refractivity contribution is 0.224. The molecule has 1 atom stereocenters. The number of para-hydroxylation sites is 1. The smallest absolute Gasteiger partial charge is 0.191 e. The molecule has 2 aromatic rings. The maximum Gasteiger partial charge on any atom is 0.191 e. The van der Waals surface area contributed by atoms with Crippen molar-refractivity contribution in [3.63, 3.8) is 0 Å². The Hall–Kier alpha value is -1.70. The Kier molecular flexibility index (Phi) is 8.42. The molecular weight excluding hydrogens is 393 g/mol. The second-order valence-corrected chi connectivity index (χ2v) is 4.63. The van der Waals surface area contributed by atoms with Crippen LogP contribution in [0.1, 0.15) is 12.7 Å². The van der Waals surface area contributed by atoms with E-state index in [1.165, 1.54) is 0 Å². The van der Waals surface area contributed by atoms with E-state index in [1.54, 1.807) is 13.3 Å². The molecule has 1 heterocycles. The summed E-state index contributed by atoms with van der Waals surface area (Å²) < 4.78 is 11.1. The Labute approximate surface area is 148 Å². The highest BCUT2D eigenvalue weighted by Crippen LogP contribution is 2.10. The van der Waals surface area contributed by atoms with Crippen molar-refractivity contribution in [3.8, 4) is 5.75 Å². The first-order chi connectivity index (χ1) is 10.3. The molecule has 0 aliphatic heterocycles. The van der Waals surface area contributed by atoms with Crippen LogP contribution in [0.4, 0.5) is 0 Å². The SMILES string of the molecule is CN=C(NCc1ccco1)NCC(C)Oc1ccccc1.I. The van der Waals surface area contributed by atoms with Crippen LogP contribution < -0.4 is 15.4 Å². The average molecular weight is 415 g/mol. The lowest BCUT2D eigenvalue weighted by Gasteiger charge is -2.17. The fourth-order valence-electron chi connectivity index (χ4n) is 1.82. The fourth-order valence-corrected chi connectivity index (χ4v) is 1.82. The number of rotatable bonds is 6. The van der Waals surface area contributed by atoms with Gasteiger partial charge in [0.25, 0.3) is 0 Å². The van der Waals surface area contributed by atoms with E-state index in [1.807, 2.05) is 49.4 Å². The highest BCUT2D eigenvalue weighted by atomic mass is 127. The van der Waals surface area contributed by atoms with Crippen LogP contribution in [0.25, 0.3) is 0 Å². The van der Waals surface area contributed by atoms with E-state index in [0.717, 1.165) is 17.5 Å². The van der Waals surface area contributed by atoms with Gasteiger partial charge in [0.15, 0.2) is 5.96 Å². The van der Waals surface area contributed by atoms with Crippen LogP contribution in [0.2, 0.25) is 0 Å². The van der Waals surface area contributed by atoms with Gasteiger partial charge in [-0.05, 0) is 31.2 Å². The maximum atomic E-state index is 5.80. The predicted octanol–water partition coefficient (Wildman–Crippen LogP) is 3.03. The first-order valence-corrected chi connectivity index (χ1v) is 6.96. The molecular formula is C16H22IN3O2. The number of nitrogens with zero attached hydrogens (tertiary/aromatic N) is 1. The van der Waals surface area contributed by atoms with Crippen molar-refractivity contribution < 1.29 is 9.15 Å². The molecule has 0 amide bonds. The van der Waals surface area contributed by atoms with Crippen molar-refractivity contribution in [2.24, 2.45) is 4.99 Å². The lowest BCUT2D eigenvalue weighted by Crippen LogP contribution is -2.41. The Morgan fingerprint density at radius 1 is 1.18 bits per heavy atom. The summed E-state index contributed by atoms with van der Waals surface area (Å²) in [5.74, 6) is 2.45. The van der Waals surface area contributed by atoms with Gasteiger partial charge in [0.05, 0.1) is 19.4 Å². The standard InChI is InChI=1S/C16H21N3O2.HI/c1-13(21-14-7-4-3-5-8-14)11-18-16(17-2)19-12-15-9-6-10-20-15;/h3-10,13H,11-12H2,1-2H3,(H2,17,18,19);1H. The number of halogens is 1. The summed E-state index contributed by atoms with van der Waals surface area (Å²) in [7, 11) is 1.74. The second-order valence-electron chi connectivity index (χ2n) is 4.63. The van der Waals surface area contributed by atoms with Crippen molar-refractivity contribution >= 4 is 29.9 Å². The molecule has 1 aromatic carbocycles. The number of guanidine groups is 1. The zero-order valence-corrected chi connectivity index (χ0v) is 15.1. The van der Waals surface area contributed by atoms with E-state index in [4.69, 9.17) is 9.15 Å². The summed E-state index contributed by atoms with van der Waals surface area (Å²) in [6, 6.07) is 13.6. The molecule has 120 valence electrons. The van der Waals surface area contributed by atoms with Crippen LogP contribution in [0.15, 0.2) is 58.1 Å². The lowest BCUT2D eigenvalue weighted by atomic mass is 10.3. The second kappa shape index (κ2) is 10.1. The van der Waals surface area contributed by atoms with Gasteiger partial charge >= 0.3 is 0 Å². The molecule has 0 aliphatic carbocycles. The first kappa shape index (κ1) is 18.3. The molecule has 0 saturated heterocycles. The fraction of sp³-hybridized carbons (Fsp3) is 0.312. The highest BCUT2D eigenvalue weighted by Gasteiger charge is 2.05. The van der Waals surface area contributed by atoms with Crippen molar-refractivity contribution in [1.29, 1.82) is 0 Å². The predicted molar refractivity (Wildman–Crippen MR) is 98.9 cm³/mol. The number of nitrogens with one attached hydrogen (secondary N) is 2. The molecule has 6 heteroatoms. The number of aliphatic imine (C=N–C) groups is 1. The van der Waals surface area contributed by atoms with Crippen molar-refractivity contribution in [3.05, 3.63) is 54.5 Å². The van der Waals surface area contributed by atoms with Gasteiger partial charge in [-0.3, -0.25) is 4.99 Å². The molecule has 22 heavy (non-hydrogen) atoms. The van der Waals surface area contributed by atoms with Crippen LogP contribution >= 0.6 is 24.0 Å². The zero-order chi connectivity index (χ0) is 14.9. The summed E-state index contributed by atoms with van der Waals surface area (Å²) in [5, 5.41) is 6.40. The molecule has 0 fully saturated rings. The topological polar surface area (TPSA) is 58.8 Å². The Morgan fingerprint density at radius 3 is 2.59 bits per heavy atom. The molecule has 1 aromatic heterocycles. The number of furan rings is 1. The van der Waals surface area contributed by atoms with Gasteiger partial charge in [0, 0.05) is 7.05 Å². The maximum absolute atomic E-state index is 5.80. The van der Waals surface area contributed by atoms with Crippen molar-refractivity contribution in [1.82, 2.24) is 10.6 Å². The monoisotopic (exact) mass is 415 g/mol. The van der Waals surface area contributed by atoms with E-state index < -0.39 is 0 Å². The van der Waals surface area contributed by atoms with Gasteiger partial charge in [-0.1, -0.05) is 18.2 Å². The molecule has 0 spiro atoms. The third kappa shape index (κ3) is 6.38. The van der Waals surface area contributed by atoms with E-state index in [9.17, 15) is 0 Å². The number of hydrogen-bond donors (Lipinski definition) is 2. The minimum Gasteiger partial charge on any atom is -0.489 e. The van der Waals surface area contributed by atoms with Crippen LogP contribution in [-0.4, -0.2) is 25.7 Å². The van der Waals surface area contributed by atoms with Gasteiger partial charge in [0.1, 0.15) is 17.6 Å². The van der Waals surface area contributed by atoms with Crippen molar-refractivity contribution in [2.75, 3.05) is 13.6 Å². The quantitative estimate of drug-likeness (QED) is 0.433. The Bertz CT molecular complexity index is 544. The van der Waals surface area contributed by atoms with Gasteiger partial charge in [-0.25, -0.2) is 0 Å². The number of benzene rings is 1. The molecule has 2 N–H and O–H groups in total. The van der Waals surface area contributed by atoms with Gasteiger partial charge in [-0.2, -0.15) is 0 Å². The van der Waals surface area contributed by atoms with Gasteiger partial charge in [0.2, 0.25) is 0 Å². The van der Waals surface area contributed by atoms with Crippen LogP contribution in [-0.2, 0) is 6.54 Å². The third-order valence-corrected chi connectivity index (χ3v) is 2.87. The summed E-state index contributed by atoms with van der Waals surface area (Å²) >= 11 is 0. The van der Waals surface area contributed by atoms with Crippen LogP contribution in [0.5, 0.6) is 5.75 Å². The average Bonchev–Trinajstić information content (AvgIpc) is 3.02. The summed E-state index contributed by atoms with van der Waals surface area (Å²) in [6.07, 6.45) is 1.69. The molecule has 1 unspecified atom stereocenters. The first-order valence-electron chi connectivity index (χ1n) is 6.96. The minimum atomic E-state index is 0. The minimum absolute atomic E-state index is 0. The van der Waals surface area contributed by atoms with Crippen molar-refractivity contribution in [2.45, 2.75) is 19.6 Å².